The van der Waals surface area contributed by atoms with Crippen LogP contribution in [-0.4, -0.2) is 35.0 Å². The van der Waals surface area contributed by atoms with E-state index in [0.29, 0.717) is 0 Å². The third-order valence-corrected chi connectivity index (χ3v) is 12.0. The molecule has 0 heterocycles. The van der Waals surface area contributed by atoms with Gasteiger partial charge in [0.25, 0.3) is 0 Å². The summed E-state index contributed by atoms with van der Waals surface area (Å²) >= 11 is 0. The van der Waals surface area contributed by atoms with Crippen LogP contribution in [0.4, 0.5) is 0 Å². The van der Waals surface area contributed by atoms with Crippen LogP contribution < -0.4 is 0 Å². The van der Waals surface area contributed by atoms with Gasteiger partial charge in [-0.25, -0.2) is 0 Å². The molecular formula is C21H40P2. The first kappa shape index (κ1) is 21.4. The Hall–Kier alpha value is 0.340. The highest BCUT2D eigenvalue weighted by Crippen LogP contribution is 2.51. The first-order chi connectivity index (χ1) is 10.6. The van der Waals surface area contributed by atoms with E-state index in [0.717, 1.165) is 22.6 Å². The number of allylic oxidation sites excluding steroid dienone is 4. The van der Waals surface area contributed by atoms with E-state index in [9.17, 15) is 0 Å². The molecule has 23 heavy (non-hydrogen) atoms. The first-order valence-corrected chi connectivity index (χ1v) is 12.9. The summed E-state index contributed by atoms with van der Waals surface area (Å²) in [6.07, 6.45) is 7.88. The zero-order valence-corrected chi connectivity index (χ0v) is 18.9. The van der Waals surface area contributed by atoms with Gasteiger partial charge in [0.1, 0.15) is 0 Å². The Morgan fingerprint density at radius 2 is 1.30 bits per heavy atom. The van der Waals surface area contributed by atoms with Crippen molar-refractivity contribution in [3.8, 4) is 0 Å². The van der Waals surface area contributed by atoms with Crippen molar-refractivity contribution < 1.29 is 0 Å². The van der Waals surface area contributed by atoms with Gasteiger partial charge in [-0.1, -0.05) is 80.5 Å². The fourth-order valence-electron chi connectivity index (χ4n) is 3.81. The maximum absolute atomic E-state index is 2.49. The maximum Gasteiger partial charge on any atom is -0.00663 e. The smallest absolute Gasteiger partial charge is 0.00663 e. The van der Waals surface area contributed by atoms with Crippen LogP contribution in [0.2, 0.25) is 0 Å². The molecule has 0 aromatic rings. The van der Waals surface area contributed by atoms with Crippen molar-refractivity contribution in [3.05, 3.63) is 22.8 Å². The van der Waals surface area contributed by atoms with Gasteiger partial charge in [-0.05, 0) is 60.3 Å². The topological polar surface area (TPSA) is 0 Å². The zero-order valence-electron chi connectivity index (χ0n) is 17.1. The van der Waals surface area contributed by atoms with Crippen LogP contribution in [-0.2, 0) is 0 Å². The van der Waals surface area contributed by atoms with E-state index in [4.69, 9.17) is 0 Å². The van der Waals surface area contributed by atoms with Crippen molar-refractivity contribution >= 4 is 15.8 Å². The van der Waals surface area contributed by atoms with E-state index in [2.05, 4.69) is 68.4 Å². The Bertz CT molecular complexity index is 411. The van der Waals surface area contributed by atoms with E-state index >= 15 is 0 Å². The van der Waals surface area contributed by atoms with Crippen LogP contribution in [0.15, 0.2) is 22.8 Å². The summed E-state index contributed by atoms with van der Waals surface area (Å²) in [6, 6.07) is 0. The SMILES string of the molecule is CC1=CCC(CCP(C(C)C)C(C)C)=C1CP(C(C)C)C(C)C. The highest BCUT2D eigenvalue weighted by Gasteiger charge is 2.24. The zero-order chi connectivity index (χ0) is 17.7. The van der Waals surface area contributed by atoms with Crippen molar-refractivity contribution in [2.45, 2.75) is 97.8 Å². The second-order valence-corrected chi connectivity index (χ2v) is 15.2. The average molecular weight is 354 g/mol. The molecule has 0 aliphatic heterocycles. The van der Waals surface area contributed by atoms with Crippen molar-refractivity contribution in [2.24, 2.45) is 0 Å². The Labute approximate surface area is 149 Å². The average Bonchev–Trinajstić information content (AvgIpc) is 2.75. The lowest BCUT2D eigenvalue weighted by molar-refractivity contribution is 0.960. The third kappa shape index (κ3) is 6.29. The molecule has 0 aromatic carbocycles. The first-order valence-electron chi connectivity index (χ1n) is 9.54. The Morgan fingerprint density at radius 1 is 0.826 bits per heavy atom. The van der Waals surface area contributed by atoms with Crippen LogP contribution in [0.25, 0.3) is 0 Å². The lowest BCUT2D eigenvalue weighted by atomic mass is 10.1. The molecule has 0 spiro atoms. The standard InChI is InChI=1S/C21H40P2/c1-15(2)22(16(3)4)13-12-20-11-10-19(9)21(20)14-23(17(5)6)18(7)8/h10,15-18H,11-14H2,1-9H3. The normalized spacial score (nSPS) is 16.2. The predicted octanol–water partition coefficient (Wildman–Crippen LogP) is 7.62. The molecule has 0 saturated carbocycles. The fourth-order valence-corrected chi connectivity index (χ4v) is 9.33. The summed E-state index contributed by atoms with van der Waals surface area (Å²) in [5.74, 6) is 0. The van der Waals surface area contributed by atoms with Gasteiger partial charge in [0.05, 0.1) is 0 Å². The lowest BCUT2D eigenvalue weighted by Gasteiger charge is -2.29. The molecule has 0 saturated heterocycles. The van der Waals surface area contributed by atoms with Crippen LogP contribution >= 0.6 is 15.8 Å². The minimum absolute atomic E-state index is 0.113. The second kappa shape index (κ2) is 9.73. The van der Waals surface area contributed by atoms with Crippen LogP contribution in [0.5, 0.6) is 0 Å². The van der Waals surface area contributed by atoms with Gasteiger partial charge in [0.15, 0.2) is 0 Å². The van der Waals surface area contributed by atoms with Crippen LogP contribution in [0.3, 0.4) is 0 Å². The van der Waals surface area contributed by atoms with Gasteiger partial charge in [-0.15, -0.1) is 7.92 Å². The molecule has 0 aromatic heterocycles. The van der Waals surface area contributed by atoms with E-state index in [-0.39, 0.29) is 15.8 Å². The highest BCUT2D eigenvalue weighted by molar-refractivity contribution is 7.59. The highest BCUT2D eigenvalue weighted by atomic mass is 31.1. The molecule has 0 radical (unpaired) electrons. The molecule has 0 fully saturated rings. The van der Waals surface area contributed by atoms with Gasteiger partial charge in [0, 0.05) is 0 Å². The molecule has 1 aliphatic carbocycles. The van der Waals surface area contributed by atoms with Gasteiger partial charge >= 0.3 is 0 Å². The molecule has 2 heteroatoms. The summed E-state index contributed by atoms with van der Waals surface area (Å²) in [6.45, 7) is 21.8. The van der Waals surface area contributed by atoms with Crippen molar-refractivity contribution in [3.63, 3.8) is 0 Å². The summed E-state index contributed by atoms with van der Waals surface area (Å²) in [4.78, 5) is 0. The molecule has 1 rings (SSSR count). The molecule has 1 aliphatic rings. The monoisotopic (exact) mass is 354 g/mol. The molecule has 0 N–H and O–H groups in total. The number of hydrogen-bond acceptors (Lipinski definition) is 0. The molecule has 0 unspecified atom stereocenters. The van der Waals surface area contributed by atoms with Gasteiger partial charge in [-0.3, -0.25) is 0 Å². The Kier molecular flexibility index (Phi) is 9.04. The quantitative estimate of drug-likeness (QED) is 0.374. The second-order valence-electron chi connectivity index (χ2n) is 8.21. The third-order valence-electron chi connectivity index (χ3n) is 5.22. The van der Waals surface area contributed by atoms with E-state index < -0.39 is 0 Å². The lowest BCUT2D eigenvalue weighted by Crippen LogP contribution is -2.10. The Balaban J connectivity index is 2.83. The minimum Gasteiger partial charge on any atom is -0.101 e. The molecule has 0 amide bonds. The molecule has 134 valence electrons. The van der Waals surface area contributed by atoms with Gasteiger partial charge in [-0.2, -0.15) is 0 Å². The largest absolute Gasteiger partial charge is 0.101 e. The van der Waals surface area contributed by atoms with Crippen molar-refractivity contribution in [2.75, 3.05) is 12.3 Å². The number of hydrogen-bond donors (Lipinski definition) is 0. The van der Waals surface area contributed by atoms with E-state index in [1.165, 1.54) is 25.2 Å². The summed E-state index contributed by atoms with van der Waals surface area (Å²) in [7, 11) is 0.287. The summed E-state index contributed by atoms with van der Waals surface area (Å²) in [5, 5.41) is 0. The van der Waals surface area contributed by atoms with Crippen molar-refractivity contribution in [1.29, 1.82) is 0 Å². The summed E-state index contributed by atoms with van der Waals surface area (Å²) < 4.78 is 0. The summed E-state index contributed by atoms with van der Waals surface area (Å²) in [5.41, 5.74) is 8.55. The van der Waals surface area contributed by atoms with Crippen LogP contribution in [0.1, 0.15) is 75.2 Å². The van der Waals surface area contributed by atoms with E-state index in [1.54, 1.807) is 16.7 Å². The van der Waals surface area contributed by atoms with Crippen LogP contribution in [0, 0.1) is 0 Å². The van der Waals surface area contributed by atoms with E-state index in [1.807, 2.05) is 0 Å². The molecule has 0 bridgehead atoms. The number of rotatable bonds is 9. The predicted molar refractivity (Wildman–Crippen MR) is 114 cm³/mol. The fraction of sp³-hybridized carbons (Fsp3) is 0.810. The minimum atomic E-state index is 0.113. The molecular weight excluding hydrogens is 314 g/mol. The van der Waals surface area contributed by atoms with Gasteiger partial charge in [0.2, 0.25) is 0 Å². The Morgan fingerprint density at radius 3 is 1.74 bits per heavy atom. The molecule has 0 nitrogen and oxygen atoms in total. The molecule has 0 atom stereocenters. The van der Waals surface area contributed by atoms with Gasteiger partial charge < -0.3 is 0 Å². The maximum atomic E-state index is 2.49. The van der Waals surface area contributed by atoms with Crippen molar-refractivity contribution in [1.82, 2.24) is 0 Å².